The summed E-state index contributed by atoms with van der Waals surface area (Å²) in [6, 6.07) is 10.5. The fourth-order valence-corrected chi connectivity index (χ4v) is 9.59. The number of halogens is 4. The van der Waals surface area contributed by atoms with Crippen LogP contribution in [0.5, 0.6) is 5.88 Å². The Bertz CT molecular complexity index is 2780. The number of carbonyl (C=O) groups is 5. The molecule has 0 spiro atoms. The molecule has 0 saturated carbocycles. The van der Waals surface area contributed by atoms with E-state index >= 15 is 4.39 Å². The Labute approximate surface area is 434 Å². The number of nitrogens with zero attached hydrogens (tertiary/aromatic N) is 6. The summed E-state index contributed by atoms with van der Waals surface area (Å²) in [4.78, 5) is 79.8. The Morgan fingerprint density at radius 3 is 2.26 bits per heavy atom. The Morgan fingerprint density at radius 2 is 1.65 bits per heavy atom. The first kappa shape index (κ1) is 56.6. The first-order valence-electron chi connectivity index (χ1n) is 23.3. The third-order valence-electron chi connectivity index (χ3n) is 12.1. The summed E-state index contributed by atoms with van der Waals surface area (Å²) in [5.41, 5.74) is -1.40. The molecule has 4 amide bonds. The van der Waals surface area contributed by atoms with Crippen LogP contribution in [0.25, 0.3) is 10.4 Å². The maximum atomic E-state index is 15.5. The number of methoxy groups -OCH3 is 1. The molecule has 2 atom stereocenters. The number of nitrogens with one attached hydrogen (secondary N) is 2. The number of hydrogen-bond acceptors (Lipinski definition) is 15. The number of nitriles is 1. The van der Waals surface area contributed by atoms with Gasteiger partial charge in [-0.25, -0.2) is 19.2 Å². The van der Waals surface area contributed by atoms with Crippen molar-refractivity contribution in [1.29, 1.82) is 5.26 Å². The van der Waals surface area contributed by atoms with Crippen LogP contribution in [-0.2, 0) is 50.8 Å². The minimum atomic E-state index is -5.26. The molecule has 2 aliphatic heterocycles. The zero-order valence-electron chi connectivity index (χ0n) is 41.7. The third-order valence-corrected chi connectivity index (χ3v) is 13.4. The molecule has 0 bridgehead atoms. The molecule has 396 valence electrons. The molecule has 0 aliphatic carbocycles. The van der Waals surface area contributed by atoms with Crippen molar-refractivity contribution in [3.8, 4) is 22.4 Å². The predicted molar refractivity (Wildman–Crippen MR) is 267 cm³/mol. The maximum absolute atomic E-state index is 15.5. The highest BCUT2D eigenvalue weighted by atomic mass is 32.1. The standard InChI is InChI=1S/C50H56F4N8O10S2/c1-29-40(74-28-58-29)31-12-10-30(11-13-31)25-56-42(64)36-9-8-16-60(36)44(65)41(48(2,3)4)59-37(63)27-71-20-19-69-17-18-70-21-22-72-43-34(45(66)68-7)23-33(26-57-43)62-47(73)61(46(67)49(62,5)6)35-15-14-32(24-55)38(39(35)51)50(52,53)54/h10-15,23,26,28,36,41H,8-9,16-22,25,27H2,1-7H3,(H,56,64)(H,59,63)/t36-,41+/m0/s1. The number of thiazole rings is 1. The van der Waals surface area contributed by atoms with Gasteiger partial charge >= 0.3 is 12.1 Å². The Kier molecular flexibility index (Phi) is 18.5. The highest BCUT2D eigenvalue weighted by Crippen LogP contribution is 2.42. The molecule has 4 aromatic rings. The van der Waals surface area contributed by atoms with E-state index in [0.29, 0.717) is 30.8 Å². The summed E-state index contributed by atoms with van der Waals surface area (Å²) in [7, 11) is 1.11. The lowest BCUT2D eigenvalue weighted by Gasteiger charge is -2.35. The lowest BCUT2D eigenvalue weighted by Crippen LogP contribution is -2.58. The van der Waals surface area contributed by atoms with Gasteiger partial charge in [0.05, 0.1) is 85.4 Å². The van der Waals surface area contributed by atoms with Gasteiger partial charge in [0.2, 0.25) is 23.6 Å². The zero-order valence-corrected chi connectivity index (χ0v) is 43.4. The van der Waals surface area contributed by atoms with Crippen LogP contribution in [0.4, 0.5) is 28.9 Å². The number of ether oxygens (including phenoxy) is 5. The van der Waals surface area contributed by atoms with Crippen molar-refractivity contribution < 1.29 is 65.2 Å². The van der Waals surface area contributed by atoms with Crippen molar-refractivity contribution in [2.75, 3.05) is 69.7 Å². The van der Waals surface area contributed by atoms with Crippen molar-refractivity contribution in [2.24, 2.45) is 5.41 Å². The van der Waals surface area contributed by atoms with Gasteiger partial charge in [-0.1, -0.05) is 45.0 Å². The molecule has 0 radical (unpaired) electrons. The van der Waals surface area contributed by atoms with E-state index < -0.39 is 74.7 Å². The minimum absolute atomic E-state index is 0.0204. The predicted octanol–water partition coefficient (Wildman–Crippen LogP) is 6.51. The number of esters is 1. The normalized spacial score (nSPS) is 16.0. The number of carbonyl (C=O) groups excluding carboxylic acids is 5. The number of rotatable bonds is 21. The first-order valence-corrected chi connectivity index (χ1v) is 24.6. The number of anilines is 2. The molecule has 2 aliphatic rings. The fraction of sp³-hybridized carbons (Fsp3) is 0.460. The number of thiocarbonyl (C=S) groups is 1. The van der Waals surface area contributed by atoms with E-state index in [0.717, 1.165) is 40.9 Å². The van der Waals surface area contributed by atoms with Gasteiger partial charge in [-0.05, 0) is 80.6 Å². The second-order valence-electron chi connectivity index (χ2n) is 18.6. The minimum Gasteiger partial charge on any atom is -0.475 e. The second kappa shape index (κ2) is 24.1. The summed E-state index contributed by atoms with van der Waals surface area (Å²) in [5.74, 6) is -4.95. The molecule has 18 nitrogen and oxygen atoms in total. The average Bonchev–Trinajstić information content (AvgIpc) is 4.07. The Balaban J connectivity index is 0.913. The van der Waals surface area contributed by atoms with E-state index in [2.05, 4.69) is 20.6 Å². The van der Waals surface area contributed by atoms with Gasteiger partial charge in [0.15, 0.2) is 10.9 Å². The molecule has 2 aromatic carbocycles. The topological polar surface area (TPSA) is 215 Å². The molecule has 6 rings (SSSR count). The molecule has 74 heavy (non-hydrogen) atoms. The molecule has 2 N–H and O–H groups in total. The summed E-state index contributed by atoms with van der Waals surface area (Å²) >= 11 is 7.06. The molecular formula is C50H56F4N8O10S2. The molecule has 2 saturated heterocycles. The van der Waals surface area contributed by atoms with E-state index in [1.54, 1.807) is 21.7 Å². The molecule has 4 heterocycles. The largest absolute Gasteiger partial charge is 0.475 e. The SMILES string of the molecule is COC(=O)c1cc(N2C(=S)N(c3ccc(C#N)c(C(F)(F)F)c3F)C(=O)C2(C)C)cnc1OCCOCCOCCOCC(=O)N[C@H](C(=O)N1CCC[C@H]1C(=O)NCc1ccc(-c2scnc2C)cc1)C(C)(C)C. The summed E-state index contributed by atoms with van der Waals surface area (Å²) in [5, 5.41) is 14.5. The summed E-state index contributed by atoms with van der Waals surface area (Å²) in [6.07, 6.45) is -2.91. The molecule has 24 heteroatoms. The highest BCUT2D eigenvalue weighted by Gasteiger charge is 2.52. The number of pyridine rings is 1. The van der Waals surface area contributed by atoms with Gasteiger partial charge in [-0.2, -0.15) is 18.4 Å². The number of alkyl halides is 3. The molecular weight excluding hydrogens is 1010 g/mol. The van der Waals surface area contributed by atoms with E-state index in [1.807, 2.05) is 52.0 Å². The fourth-order valence-electron chi connectivity index (χ4n) is 8.27. The van der Waals surface area contributed by atoms with Crippen LogP contribution in [0.2, 0.25) is 0 Å². The van der Waals surface area contributed by atoms with Crippen molar-refractivity contribution in [2.45, 2.75) is 84.7 Å². The number of amides is 4. The van der Waals surface area contributed by atoms with Crippen LogP contribution in [-0.4, -0.2) is 127 Å². The third kappa shape index (κ3) is 13.0. The number of likely N-dealkylation sites (tertiary alicyclic amines) is 1. The van der Waals surface area contributed by atoms with Crippen molar-refractivity contribution >= 4 is 69.6 Å². The van der Waals surface area contributed by atoms with Crippen LogP contribution in [0.1, 0.15) is 80.2 Å². The van der Waals surface area contributed by atoms with Crippen molar-refractivity contribution in [3.63, 3.8) is 0 Å². The number of aromatic nitrogens is 2. The monoisotopic (exact) mass is 1070 g/mol. The van der Waals surface area contributed by atoms with Crippen LogP contribution in [0.3, 0.4) is 0 Å². The Morgan fingerprint density at radius 1 is 0.986 bits per heavy atom. The first-order chi connectivity index (χ1) is 35.0. The van der Waals surface area contributed by atoms with Gasteiger partial charge in [-0.3, -0.25) is 24.1 Å². The maximum Gasteiger partial charge on any atom is 0.420 e. The highest BCUT2D eigenvalue weighted by molar-refractivity contribution is 7.81. The molecule has 0 unspecified atom stereocenters. The Hall–Kier alpha value is -6.65. The number of hydrogen-bond donors (Lipinski definition) is 2. The van der Waals surface area contributed by atoms with Gasteiger partial charge in [-0.15, -0.1) is 11.3 Å². The van der Waals surface area contributed by atoms with Crippen LogP contribution in [0.15, 0.2) is 54.2 Å². The average molecular weight is 1070 g/mol. The van der Waals surface area contributed by atoms with E-state index in [9.17, 15) is 42.4 Å². The van der Waals surface area contributed by atoms with Crippen LogP contribution in [0, 0.1) is 29.5 Å². The lowest BCUT2D eigenvalue weighted by molar-refractivity contribution is -0.144. The van der Waals surface area contributed by atoms with Gasteiger partial charge in [0.25, 0.3) is 5.91 Å². The summed E-state index contributed by atoms with van der Waals surface area (Å²) < 4.78 is 84.1. The second-order valence-corrected chi connectivity index (χ2v) is 19.9. The van der Waals surface area contributed by atoms with Gasteiger partial charge in [0, 0.05) is 13.1 Å². The van der Waals surface area contributed by atoms with Crippen LogP contribution < -0.4 is 25.2 Å². The van der Waals surface area contributed by atoms with Crippen LogP contribution >= 0.6 is 23.6 Å². The number of aryl methyl sites for hydroxylation is 1. The van der Waals surface area contributed by atoms with Crippen molar-refractivity contribution in [3.05, 3.63) is 87.9 Å². The molecule has 2 fully saturated rings. The number of benzene rings is 2. The van der Waals surface area contributed by atoms with E-state index in [-0.39, 0.29) is 75.2 Å². The van der Waals surface area contributed by atoms with Crippen molar-refractivity contribution in [1.82, 2.24) is 25.5 Å². The smallest absolute Gasteiger partial charge is 0.420 e. The molecule has 2 aromatic heterocycles. The quantitative estimate of drug-likeness (QED) is 0.0394. The lowest BCUT2D eigenvalue weighted by atomic mass is 9.85. The van der Waals surface area contributed by atoms with Gasteiger partial charge < -0.3 is 44.1 Å². The van der Waals surface area contributed by atoms with Gasteiger partial charge in [0.1, 0.15) is 42.0 Å². The zero-order chi connectivity index (χ0) is 54.1. The summed E-state index contributed by atoms with van der Waals surface area (Å²) in [6.45, 7) is 10.9. The van der Waals surface area contributed by atoms with E-state index in [1.165, 1.54) is 37.1 Å². The van der Waals surface area contributed by atoms with E-state index in [4.69, 9.17) is 35.9 Å².